The van der Waals surface area contributed by atoms with E-state index in [0.717, 1.165) is 0 Å². The van der Waals surface area contributed by atoms with Crippen molar-refractivity contribution in [2.45, 2.75) is 56.8 Å². The van der Waals surface area contributed by atoms with Crippen LogP contribution in [0.1, 0.15) is 38.5 Å². The van der Waals surface area contributed by atoms with Crippen molar-refractivity contribution < 1.29 is 36.2 Å². The standard InChI is InChI=1S/C14H16F6O2/c15-9(14(18,19)20)13(16,17)12-4-7-1-8(5-12)3-11(2-7,6-12)10(21)22/h7-9H,1-6H2,(H,21,22)/t7-,8+,9-,11?,12?/m0/s1. The van der Waals surface area contributed by atoms with E-state index >= 15 is 0 Å². The van der Waals surface area contributed by atoms with Crippen LogP contribution in [0.15, 0.2) is 0 Å². The molecule has 0 radical (unpaired) electrons. The summed E-state index contributed by atoms with van der Waals surface area (Å²) in [5, 5.41) is 9.40. The van der Waals surface area contributed by atoms with Crippen molar-refractivity contribution >= 4 is 5.97 Å². The smallest absolute Gasteiger partial charge is 0.425 e. The van der Waals surface area contributed by atoms with E-state index in [1.165, 1.54) is 0 Å². The van der Waals surface area contributed by atoms with E-state index in [9.17, 15) is 36.2 Å². The van der Waals surface area contributed by atoms with Crippen molar-refractivity contribution in [3.05, 3.63) is 0 Å². The van der Waals surface area contributed by atoms with Crippen LogP contribution in [-0.2, 0) is 4.79 Å². The van der Waals surface area contributed by atoms with E-state index in [1.807, 2.05) is 0 Å². The zero-order valence-electron chi connectivity index (χ0n) is 11.6. The molecule has 2 nitrogen and oxygen atoms in total. The first-order chi connectivity index (χ1) is 9.92. The van der Waals surface area contributed by atoms with Crippen LogP contribution in [0.25, 0.3) is 0 Å². The molecule has 8 heteroatoms. The van der Waals surface area contributed by atoms with Gasteiger partial charge in [-0.05, 0) is 50.4 Å². The molecule has 4 aliphatic carbocycles. The molecule has 0 aromatic heterocycles. The molecule has 0 aromatic rings. The van der Waals surface area contributed by atoms with Crippen LogP contribution in [0.4, 0.5) is 26.3 Å². The third kappa shape index (κ3) is 1.98. The molecule has 5 atom stereocenters. The highest BCUT2D eigenvalue weighted by molar-refractivity contribution is 5.75. The molecule has 2 unspecified atom stereocenters. The quantitative estimate of drug-likeness (QED) is 0.788. The monoisotopic (exact) mass is 330 g/mol. The van der Waals surface area contributed by atoms with Gasteiger partial charge in [0, 0.05) is 5.41 Å². The first-order valence-electron chi connectivity index (χ1n) is 7.24. The molecule has 0 heterocycles. The van der Waals surface area contributed by atoms with Gasteiger partial charge in [-0.2, -0.15) is 13.2 Å². The topological polar surface area (TPSA) is 37.3 Å². The summed E-state index contributed by atoms with van der Waals surface area (Å²) in [6, 6.07) is 0. The number of carbonyl (C=O) groups is 1. The average Bonchev–Trinajstić information content (AvgIpc) is 2.34. The molecule has 0 aromatic carbocycles. The van der Waals surface area contributed by atoms with Gasteiger partial charge in [-0.25, -0.2) is 13.2 Å². The highest BCUT2D eigenvalue weighted by atomic mass is 19.4. The van der Waals surface area contributed by atoms with Crippen LogP contribution in [0.2, 0.25) is 0 Å². The Morgan fingerprint density at radius 3 is 1.95 bits per heavy atom. The summed E-state index contributed by atoms with van der Waals surface area (Å²) in [6.45, 7) is 0. The number of carboxylic acid groups (broad SMARTS) is 1. The van der Waals surface area contributed by atoms with Crippen molar-refractivity contribution in [1.82, 2.24) is 0 Å². The maximum atomic E-state index is 14.4. The molecule has 4 fully saturated rings. The predicted octanol–water partition coefficient (Wildman–Crippen LogP) is 4.19. The second-order valence-electron chi connectivity index (χ2n) is 7.35. The minimum Gasteiger partial charge on any atom is -0.481 e. The fraction of sp³-hybridized carbons (Fsp3) is 0.929. The third-order valence-electron chi connectivity index (χ3n) is 5.83. The highest BCUT2D eigenvalue weighted by Gasteiger charge is 2.73. The Morgan fingerprint density at radius 2 is 1.55 bits per heavy atom. The summed E-state index contributed by atoms with van der Waals surface area (Å²) in [5.74, 6) is -6.56. The molecule has 0 saturated heterocycles. The largest absolute Gasteiger partial charge is 0.481 e. The number of rotatable bonds is 3. The van der Waals surface area contributed by atoms with Gasteiger partial charge in [-0.3, -0.25) is 4.79 Å². The fourth-order valence-corrected chi connectivity index (χ4v) is 5.38. The van der Waals surface area contributed by atoms with Crippen LogP contribution < -0.4 is 0 Å². The molecule has 126 valence electrons. The van der Waals surface area contributed by atoms with Gasteiger partial charge >= 0.3 is 12.1 Å². The number of carboxylic acids is 1. The summed E-state index contributed by atoms with van der Waals surface area (Å²) < 4.78 is 79.8. The first kappa shape index (κ1) is 15.9. The summed E-state index contributed by atoms with van der Waals surface area (Å²) in [4.78, 5) is 11.5. The maximum Gasteiger partial charge on any atom is 0.425 e. The van der Waals surface area contributed by atoms with E-state index in [2.05, 4.69) is 0 Å². The zero-order valence-corrected chi connectivity index (χ0v) is 11.6. The Morgan fingerprint density at radius 1 is 1.05 bits per heavy atom. The van der Waals surface area contributed by atoms with Gasteiger partial charge < -0.3 is 5.11 Å². The summed E-state index contributed by atoms with van der Waals surface area (Å²) in [7, 11) is 0. The lowest BCUT2D eigenvalue weighted by Gasteiger charge is -2.62. The molecule has 1 N–H and O–H groups in total. The molecule has 0 aliphatic heterocycles. The molecule has 0 spiro atoms. The van der Waals surface area contributed by atoms with Gasteiger partial charge in [-0.1, -0.05) is 0 Å². The first-order valence-corrected chi connectivity index (χ1v) is 7.24. The van der Waals surface area contributed by atoms with E-state index in [4.69, 9.17) is 0 Å². The van der Waals surface area contributed by atoms with Gasteiger partial charge in [-0.15, -0.1) is 0 Å². The van der Waals surface area contributed by atoms with E-state index in [1.54, 1.807) is 0 Å². The van der Waals surface area contributed by atoms with Gasteiger partial charge in [0.2, 0.25) is 0 Å². The number of alkyl halides is 6. The van der Waals surface area contributed by atoms with Crippen LogP contribution in [-0.4, -0.2) is 29.3 Å². The van der Waals surface area contributed by atoms with E-state index in [-0.39, 0.29) is 37.5 Å². The van der Waals surface area contributed by atoms with Crippen molar-refractivity contribution in [3.63, 3.8) is 0 Å². The Hall–Kier alpha value is -0.950. The van der Waals surface area contributed by atoms with Crippen LogP contribution in [0, 0.1) is 22.7 Å². The van der Waals surface area contributed by atoms with Crippen molar-refractivity contribution in [3.8, 4) is 0 Å². The molecule has 22 heavy (non-hydrogen) atoms. The lowest BCUT2D eigenvalue weighted by atomic mass is 9.42. The average molecular weight is 330 g/mol. The second kappa shape index (κ2) is 4.32. The van der Waals surface area contributed by atoms with Gasteiger partial charge in [0.25, 0.3) is 12.1 Å². The van der Waals surface area contributed by atoms with Gasteiger partial charge in [0.05, 0.1) is 5.41 Å². The van der Waals surface area contributed by atoms with Crippen LogP contribution in [0.5, 0.6) is 0 Å². The number of aliphatic carboxylic acids is 1. The van der Waals surface area contributed by atoms with Crippen LogP contribution in [0.3, 0.4) is 0 Å². The van der Waals surface area contributed by atoms with Crippen molar-refractivity contribution in [2.75, 3.05) is 0 Å². The SMILES string of the molecule is O=C(O)C12C[C@H]3C[C@@H](C1)CC(C(F)(F)[C@H](F)C(F)(F)F)(C3)C2. The Labute approximate surface area is 122 Å². The summed E-state index contributed by atoms with van der Waals surface area (Å²) >= 11 is 0. The van der Waals surface area contributed by atoms with Gasteiger partial charge in [0.15, 0.2) is 0 Å². The van der Waals surface area contributed by atoms with Crippen molar-refractivity contribution in [1.29, 1.82) is 0 Å². The highest BCUT2D eigenvalue weighted by Crippen LogP contribution is 2.70. The Bertz CT molecular complexity index is 486. The molecule has 4 rings (SSSR count). The number of hydrogen-bond donors (Lipinski definition) is 1. The second-order valence-corrected chi connectivity index (χ2v) is 7.35. The number of halogens is 6. The minimum atomic E-state index is -5.65. The van der Waals surface area contributed by atoms with Gasteiger partial charge in [0.1, 0.15) is 0 Å². The summed E-state index contributed by atoms with van der Waals surface area (Å²) in [5.41, 5.74) is -3.61. The van der Waals surface area contributed by atoms with Crippen molar-refractivity contribution in [2.24, 2.45) is 22.7 Å². The third-order valence-corrected chi connectivity index (χ3v) is 5.83. The zero-order chi connectivity index (χ0) is 16.6. The Balaban J connectivity index is 2.01. The molecule has 4 aliphatic rings. The van der Waals surface area contributed by atoms with E-state index < -0.39 is 41.5 Å². The van der Waals surface area contributed by atoms with E-state index in [0.29, 0.717) is 6.42 Å². The Kier molecular flexibility index (Phi) is 3.13. The molecule has 4 bridgehead atoms. The van der Waals surface area contributed by atoms with Crippen LogP contribution >= 0.6 is 0 Å². The number of hydrogen-bond acceptors (Lipinski definition) is 1. The molecule has 0 amide bonds. The fourth-order valence-electron chi connectivity index (χ4n) is 5.38. The minimum absolute atomic E-state index is 0.208. The molecular weight excluding hydrogens is 314 g/mol. The maximum absolute atomic E-state index is 14.4. The molecular formula is C14H16F6O2. The molecule has 4 saturated carbocycles. The predicted molar refractivity (Wildman–Crippen MR) is 63.1 cm³/mol. The lowest BCUT2D eigenvalue weighted by molar-refractivity contribution is -0.306. The normalized spacial score (nSPS) is 42.5. The lowest BCUT2D eigenvalue weighted by Crippen LogP contribution is -2.64. The summed E-state index contributed by atoms with van der Waals surface area (Å²) in [6.07, 6.45) is -9.93.